The number of hydrogen-bond donors (Lipinski definition) is 2. The lowest BCUT2D eigenvalue weighted by atomic mass is 10.1. The van der Waals surface area contributed by atoms with Crippen LogP contribution in [0.2, 0.25) is 0 Å². The van der Waals surface area contributed by atoms with Crippen LogP contribution in [0.4, 0.5) is 0 Å². The second kappa shape index (κ2) is 4.74. The molecule has 0 aliphatic heterocycles. The van der Waals surface area contributed by atoms with E-state index in [2.05, 4.69) is 6.58 Å². The first-order valence-electron chi connectivity index (χ1n) is 3.57. The highest BCUT2D eigenvalue weighted by Gasteiger charge is 1.92. The van der Waals surface area contributed by atoms with Crippen molar-refractivity contribution in [2.75, 3.05) is 6.54 Å². The molecule has 0 fully saturated rings. The fraction of sp³-hybridized carbons (Fsp3) is 0.333. The Morgan fingerprint density at radius 2 is 2.00 bits per heavy atom. The Labute approximate surface area is 68.3 Å². The van der Waals surface area contributed by atoms with Gasteiger partial charge in [0, 0.05) is 12.2 Å². The van der Waals surface area contributed by atoms with E-state index in [4.69, 9.17) is 11.5 Å². The SMILES string of the molecule is C=C/C(CN)=C(C)\C=C(\C)N. The first-order chi connectivity index (χ1) is 5.11. The lowest BCUT2D eigenvalue weighted by Crippen LogP contribution is -2.03. The van der Waals surface area contributed by atoms with E-state index in [-0.39, 0.29) is 0 Å². The minimum absolute atomic E-state index is 0.513. The van der Waals surface area contributed by atoms with Crippen LogP contribution in [-0.2, 0) is 0 Å². The van der Waals surface area contributed by atoms with Gasteiger partial charge < -0.3 is 11.5 Å². The van der Waals surface area contributed by atoms with Crippen LogP contribution >= 0.6 is 0 Å². The summed E-state index contributed by atoms with van der Waals surface area (Å²) in [4.78, 5) is 0. The lowest BCUT2D eigenvalue weighted by molar-refractivity contribution is 1.15. The average Bonchev–Trinajstić information content (AvgIpc) is 1.88. The molecule has 0 unspecified atom stereocenters. The topological polar surface area (TPSA) is 52.0 Å². The standard InChI is InChI=1S/C9H16N2/c1-4-9(6-10)7(2)5-8(3)11/h4-5H,1,6,10-11H2,2-3H3/b8-5-,9-7+. The fourth-order valence-electron chi connectivity index (χ4n) is 0.840. The van der Waals surface area contributed by atoms with Crippen molar-refractivity contribution in [1.82, 2.24) is 0 Å². The molecule has 2 nitrogen and oxygen atoms in total. The summed E-state index contributed by atoms with van der Waals surface area (Å²) in [6, 6.07) is 0. The van der Waals surface area contributed by atoms with Crippen LogP contribution in [0.25, 0.3) is 0 Å². The van der Waals surface area contributed by atoms with Crippen LogP contribution in [0.5, 0.6) is 0 Å². The highest BCUT2D eigenvalue weighted by Crippen LogP contribution is 2.05. The Bertz CT molecular complexity index is 196. The molecule has 0 aromatic carbocycles. The van der Waals surface area contributed by atoms with Crippen LogP contribution < -0.4 is 11.5 Å². The minimum atomic E-state index is 0.513. The van der Waals surface area contributed by atoms with Gasteiger partial charge in [0.1, 0.15) is 0 Å². The van der Waals surface area contributed by atoms with Crippen LogP contribution in [0, 0.1) is 0 Å². The van der Waals surface area contributed by atoms with Gasteiger partial charge in [-0.3, -0.25) is 0 Å². The van der Waals surface area contributed by atoms with Crippen molar-refractivity contribution < 1.29 is 0 Å². The Morgan fingerprint density at radius 3 is 2.27 bits per heavy atom. The molecular weight excluding hydrogens is 136 g/mol. The summed E-state index contributed by atoms with van der Waals surface area (Å²) in [6.07, 6.45) is 3.65. The molecule has 0 bridgehead atoms. The zero-order valence-electron chi connectivity index (χ0n) is 7.22. The smallest absolute Gasteiger partial charge is 0.0180 e. The molecule has 0 rings (SSSR count). The first-order valence-corrected chi connectivity index (χ1v) is 3.57. The van der Waals surface area contributed by atoms with E-state index in [1.165, 1.54) is 0 Å². The maximum atomic E-state index is 5.49. The number of allylic oxidation sites excluding steroid dienone is 3. The number of rotatable bonds is 3. The van der Waals surface area contributed by atoms with Gasteiger partial charge in [0.15, 0.2) is 0 Å². The maximum absolute atomic E-state index is 5.49. The van der Waals surface area contributed by atoms with Gasteiger partial charge in [0.05, 0.1) is 0 Å². The van der Waals surface area contributed by atoms with Crippen molar-refractivity contribution in [3.05, 3.63) is 35.6 Å². The van der Waals surface area contributed by atoms with E-state index in [1.807, 2.05) is 19.9 Å². The molecule has 0 atom stereocenters. The fourth-order valence-corrected chi connectivity index (χ4v) is 0.840. The molecule has 0 aromatic heterocycles. The molecule has 0 heterocycles. The summed E-state index contributed by atoms with van der Waals surface area (Å²) in [7, 11) is 0. The lowest BCUT2D eigenvalue weighted by Gasteiger charge is -2.00. The van der Waals surface area contributed by atoms with Crippen molar-refractivity contribution in [3.8, 4) is 0 Å². The van der Waals surface area contributed by atoms with Gasteiger partial charge in [-0.1, -0.05) is 12.7 Å². The number of nitrogens with two attached hydrogens (primary N) is 2. The molecule has 0 aliphatic rings. The predicted molar refractivity (Wildman–Crippen MR) is 49.9 cm³/mol. The monoisotopic (exact) mass is 152 g/mol. The van der Waals surface area contributed by atoms with Gasteiger partial charge in [-0.2, -0.15) is 0 Å². The second-order valence-corrected chi connectivity index (χ2v) is 2.50. The molecule has 0 saturated carbocycles. The summed E-state index contributed by atoms with van der Waals surface area (Å²) in [5.41, 5.74) is 13.9. The Kier molecular flexibility index (Phi) is 4.30. The highest BCUT2D eigenvalue weighted by molar-refractivity contribution is 5.32. The average molecular weight is 152 g/mol. The van der Waals surface area contributed by atoms with Gasteiger partial charge in [0.2, 0.25) is 0 Å². The molecule has 0 aliphatic carbocycles. The zero-order valence-corrected chi connectivity index (χ0v) is 7.22. The molecule has 4 N–H and O–H groups in total. The summed E-state index contributed by atoms with van der Waals surface area (Å²) in [6.45, 7) is 7.99. The van der Waals surface area contributed by atoms with E-state index >= 15 is 0 Å². The normalized spacial score (nSPS) is 14.3. The third-order valence-electron chi connectivity index (χ3n) is 1.42. The molecule has 0 amide bonds. The predicted octanol–water partition coefficient (Wildman–Crippen LogP) is 1.31. The third-order valence-corrected chi connectivity index (χ3v) is 1.42. The molecule has 2 heteroatoms. The van der Waals surface area contributed by atoms with E-state index in [1.54, 1.807) is 6.08 Å². The van der Waals surface area contributed by atoms with Gasteiger partial charge in [-0.25, -0.2) is 0 Å². The second-order valence-electron chi connectivity index (χ2n) is 2.50. The van der Waals surface area contributed by atoms with E-state index in [0.29, 0.717) is 6.54 Å². The molecule has 62 valence electrons. The van der Waals surface area contributed by atoms with Crippen molar-refractivity contribution in [2.24, 2.45) is 11.5 Å². The van der Waals surface area contributed by atoms with E-state index in [9.17, 15) is 0 Å². The van der Waals surface area contributed by atoms with Crippen LogP contribution in [0.1, 0.15) is 13.8 Å². The summed E-state index contributed by atoms with van der Waals surface area (Å²) < 4.78 is 0. The van der Waals surface area contributed by atoms with Crippen LogP contribution in [0.3, 0.4) is 0 Å². The molecular formula is C9H16N2. The summed E-state index contributed by atoms with van der Waals surface area (Å²) in [5.74, 6) is 0. The quantitative estimate of drug-likeness (QED) is 0.599. The zero-order chi connectivity index (χ0) is 8.85. The molecule has 0 aromatic rings. The van der Waals surface area contributed by atoms with E-state index in [0.717, 1.165) is 16.8 Å². The Hall–Kier alpha value is -1.02. The largest absolute Gasteiger partial charge is 0.402 e. The van der Waals surface area contributed by atoms with E-state index < -0.39 is 0 Å². The highest BCUT2D eigenvalue weighted by atomic mass is 14.5. The molecule has 0 spiro atoms. The first kappa shape index (κ1) is 9.98. The van der Waals surface area contributed by atoms with Gasteiger partial charge >= 0.3 is 0 Å². The van der Waals surface area contributed by atoms with Crippen LogP contribution in [-0.4, -0.2) is 6.54 Å². The van der Waals surface area contributed by atoms with Gasteiger partial charge in [-0.05, 0) is 31.1 Å². The molecule has 11 heavy (non-hydrogen) atoms. The molecule has 0 radical (unpaired) electrons. The third kappa shape index (κ3) is 3.63. The van der Waals surface area contributed by atoms with Crippen molar-refractivity contribution in [1.29, 1.82) is 0 Å². The summed E-state index contributed by atoms with van der Waals surface area (Å²) >= 11 is 0. The number of hydrogen-bond acceptors (Lipinski definition) is 2. The van der Waals surface area contributed by atoms with Gasteiger partial charge in [-0.15, -0.1) is 0 Å². The summed E-state index contributed by atoms with van der Waals surface area (Å²) in [5, 5.41) is 0. The van der Waals surface area contributed by atoms with Crippen LogP contribution in [0.15, 0.2) is 35.6 Å². The van der Waals surface area contributed by atoms with Gasteiger partial charge in [0.25, 0.3) is 0 Å². The minimum Gasteiger partial charge on any atom is -0.402 e. The molecule has 0 saturated heterocycles. The maximum Gasteiger partial charge on any atom is 0.0180 e. The van der Waals surface area contributed by atoms with Crippen molar-refractivity contribution >= 4 is 0 Å². The van der Waals surface area contributed by atoms with Crippen molar-refractivity contribution in [2.45, 2.75) is 13.8 Å². The van der Waals surface area contributed by atoms with Crippen molar-refractivity contribution in [3.63, 3.8) is 0 Å². The Morgan fingerprint density at radius 1 is 1.45 bits per heavy atom. The Balaban J connectivity index is 4.62.